The molecule has 0 radical (unpaired) electrons. The quantitative estimate of drug-likeness (QED) is 0.597. The van der Waals surface area contributed by atoms with Gasteiger partial charge >= 0.3 is 0 Å². The van der Waals surface area contributed by atoms with Crippen LogP contribution in [0.3, 0.4) is 0 Å². The Balaban J connectivity index is 3.91. The van der Waals surface area contributed by atoms with Crippen molar-refractivity contribution in [2.45, 2.75) is 19.4 Å². The van der Waals surface area contributed by atoms with E-state index in [9.17, 15) is 0 Å². The molecule has 0 atom stereocenters. The molecule has 0 spiro atoms. The van der Waals surface area contributed by atoms with Gasteiger partial charge in [-0.3, -0.25) is 0 Å². The van der Waals surface area contributed by atoms with Crippen molar-refractivity contribution < 1.29 is 4.74 Å². The molecule has 1 N–H and O–H groups in total. The highest BCUT2D eigenvalue weighted by Gasteiger charge is 2.17. The third-order valence-corrected chi connectivity index (χ3v) is 1.83. The minimum Gasteiger partial charge on any atom is -0.380 e. The van der Waals surface area contributed by atoms with Crippen LogP contribution in [0.25, 0.3) is 0 Å². The van der Waals surface area contributed by atoms with Gasteiger partial charge in [-0.15, -0.1) is 0 Å². The summed E-state index contributed by atoms with van der Waals surface area (Å²) in [6.07, 6.45) is 0. The van der Waals surface area contributed by atoms with E-state index in [2.05, 4.69) is 25.7 Å². The summed E-state index contributed by atoms with van der Waals surface area (Å²) in [5, 5.41) is 3.15. The number of methoxy groups -OCH3 is 1. The van der Waals surface area contributed by atoms with Gasteiger partial charge in [-0.05, 0) is 26.5 Å². The molecule has 0 amide bonds. The second kappa shape index (κ2) is 3.74. The number of hydrogen-bond acceptors (Lipinski definition) is 2. The Bertz CT molecular complexity index is 118. The maximum atomic E-state index is 4.95. The van der Waals surface area contributed by atoms with Gasteiger partial charge in [0.2, 0.25) is 0 Å². The van der Waals surface area contributed by atoms with Crippen LogP contribution in [0.15, 0.2) is 12.2 Å². The molecule has 0 aromatic rings. The molecule has 0 bridgehead atoms. The fourth-order valence-corrected chi connectivity index (χ4v) is 0.531. The van der Waals surface area contributed by atoms with Gasteiger partial charge in [0.15, 0.2) is 0 Å². The monoisotopic (exact) mass is 143 g/mol. The Kier molecular flexibility index (Phi) is 3.61. The van der Waals surface area contributed by atoms with E-state index in [-0.39, 0.29) is 5.54 Å². The first-order chi connectivity index (χ1) is 4.54. The highest BCUT2D eigenvalue weighted by atomic mass is 16.5. The van der Waals surface area contributed by atoms with Gasteiger partial charge < -0.3 is 10.1 Å². The van der Waals surface area contributed by atoms with Crippen molar-refractivity contribution in [2.75, 3.05) is 20.8 Å². The molecule has 0 aromatic carbocycles. The van der Waals surface area contributed by atoms with Crippen molar-refractivity contribution in [1.82, 2.24) is 5.32 Å². The Morgan fingerprint density at radius 3 is 2.40 bits per heavy atom. The fraction of sp³-hybridized carbons (Fsp3) is 0.750. The van der Waals surface area contributed by atoms with Crippen molar-refractivity contribution >= 4 is 0 Å². The highest BCUT2D eigenvalue weighted by Crippen LogP contribution is 2.12. The highest BCUT2D eigenvalue weighted by molar-refractivity contribution is 5.12. The third kappa shape index (κ3) is 2.50. The molecule has 0 saturated heterocycles. The zero-order valence-electron chi connectivity index (χ0n) is 7.32. The molecule has 0 fully saturated rings. The van der Waals surface area contributed by atoms with E-state index in [0.717, 1.165) is 5.57 Å². The van der Waals surface area contributed by atoms with Crippen molar-refractivity contribution in [3.63, 3.8) is 0 Å². The Labute approximate surface area is 63.3 Å². The summed E-state index contributed by atoms with van der Waals surface area (Å²) in [5.74, 6) is 0. The summed E-state index contributed by atoms with van der Waals surface area (Å²) in [6, 6.07) is 0. The van der Waals surface area contributed by atoms with Gasteiger partial charge in [0.25, 0.3) is 0 Å². The number of ether oxygens (including phenoxy) is 1. The van der Waals surface area contributed by atoms with E-state index >= 15 is 0 Å². The second-order valence-electron chi connectivity index (χ2n) is 2.91. The first-order valence-corrected chi connectivity index (χ1v) is 3.40. The number of likely N-dealkylation sites (N-methyl/N-ethyl adjacent to an activating group) is 1. The van der Waals surface area contributed by atoms with Crippen LogP contribution >= 0.6 is 0 Å². The van der Waals surface area contributed by atoms with Crippen LogP contribution in [-0.4, -0.2) is 26.3 Å². The molecule has 0 aliphatic carbocycles. The van der Waals surface area contributed by atoms with Crippen LogP contribution in [0.1, 0.15) is 13.8 Å². The summed E-state index contributed by atoms with van der Waals surface area (Å²) >= 11 is 0. The summed E-state index contributed by atoms with van der Waals surface area (Å²) in [5.41, 5.74) is 1.05. The van der Waals surface area contributed by atoms with Crippen molar-refractivity contribution in [3.8, 4) is 0 Å². The first kappa shape index (κ1) is 9.66. The summed E-state index contributed by atoms with van der Waals surface area (Å²) in [4.78, 5) is 0. The van der Waals surface area contributed by atoms with Gasteiger partial charge in [-0.25, -0.2) is 0 Å². The Morgan fingerprint density at radius 2 is 2.10 bits per heavy atom. The van der Waals surface area contributed by atoms with Gasteiger partial charge in [-0.2, -0.15) is 0 Å². The van der Waals surface area contributed by atoms with Crippen molar-refractivity contribution in [1.29, 1.82) is 0 Å². The van der Waals surface area contributed by atoms with Crippen LogP contribution in [0.5, 0.6) is 0 Å². The normalized spacial score (nSPS) is 11.6. The predicted molar refractivity (Wildman–Crippen MR) is 44.2 cm³/mol. The van der Waals surface area contributed by atoms with Crippen LogP contribution < -0.4 is 5.32 Å². The topological polar surface area (TPSA) is 21.3 Å². The molecule has 10 heavy (non-hydrogen) atoms. The lowest BCUT2D eigenvalue weighted by atomic mass is 9.96. The maximum Gasteiger partial charge on any atom is 0.0687 e. The van der Waals surface area contributed by atoms with E-state index in [1.165, 1.54) is 0 Å². The van der Waals surface area contributed by atoms with Gasteiger partial charge in [0.05, 0.1) is 6.61 Å². The number of rotatable bonds is 4. The molecular weight excluding hydrogens is 126 g/mol. The lowest BCUT2D eigenvalue weighted by molar-refractivity contribution is 0.211. The zero-order chi connectivity index (χ0) is 8.20. The van der Waals surface area contributed by atoms with Gasteiger partial charge in [-0.1, -0.05) is 6.58 Å². The van der Waals surface area contributed by atoms with E-state index in [1.807, 2.05) is 7.05 Å². The molecule has 2 heteroatoms. The van der Waals surface area contributed by atoms with Crippen molar-refractivity contribution in [3.05, 3.63) is 12.2 Å². The average Bonchev–Trinajstić information content (AvgIpc) is 1.89. The SMILES string of the molecule is C=C(COC)C(C)(C)NC. The summed E-state index contributed by atoms with van der Waals surface area (Å²) in [6.45, 7) is 8.67. The van der Waals surface area contributed by atoms with Crippen LogP contribution in [0, 0.1) is 0 Å². The summed E-state index contributed by atoms with van der Waals surface area (Å²) in [7, 11) is 3.60. The van der Waals surface area contributed by atoms with Crippen LogP contribution in [0.4, 0.5) is 0 Å². The smallest absolute Gasteiger partial charge is 0.0687 e. The van der Waals surface area contributed by atoms with Crippen molar-refractivity contribution in [2.24, 2.45) is 0 Å². The predicted octanol–water partition coefficient (Wildman–Crippen LogP) is 1.19. The van der Waals surface area contributed by atoms with E-state index in [4.69, 9.17) is 4.74 Å². The first-order valence-electron chi connectivity index (χ1n) is 3.40. The number of hydrogen-bond donors (Lipinski definition) is 1. The lowest BCUT2D eigenvalue weighted by Gasteiger charge is -2.26. The average molecular weight is 143 g/mol. The third-order valence-electron chi connectivity index (χ3n) is 1.83. The minimum atomic E-state index is -0.0178. The summed E-state index contributed by atoms with van der Waals surface area (Å²) < 4.78 is 4.95. The van der Waals surface area contributed by atoms with Crippen LogP contribution in [-0.2, 0) is 4.74 Å². The molecule has 2 nitrogen and oxygen atoms in total. The molecule has 0 heterocycles. The van der Waals surface area contributed by atoms with Crippen LogP contribution in [0.2, 0.25) is 0 Å². The van der Waals surface area contributed by atoms with Gasteiger partial charge in [0.1, 0.15) is 0 Å². The second-order valence-corrected chi connectivity index (χ2v) is 2.91. The fourth-order valence-electron chi connectivity index (χ4n) is 0.531. The van der Waals surface area contributed by atoms with E-state index in [0.29, 0.717) is 6.61 Å². The molecule has 0 rings (SSSR count). The molecular formula is C8H17NO. The Hall–Kier alpha value is -0.340. The van der Waals surface area contributed by atoms with E-state index in [1.54, 1.807) is 7.11 Å². The molecule has 0 aliphatic heterocycles. The van der Waals surface area contributed by atoms with E-state index < -0.39 is 0 Å². The molecule has 0 aromatic heterocycles. The molecule has 60 valence electrons. The maximum absolute atomic E-state index is 4.95. The lowest BCUT2D eigenvalue weighted by Crippen LogP contribution is -2.39. The van der Waals surface area contributed by atoms with Gasteiger partial charge in [0, 0.05) is 12.6 Å². The minimum absolute atomic E-state index is 0.0178. The number of nitrogens with one attached hydrogen (secondary N) is 1. The molecule has 0 unspecified atom stereocenters. The molecule has 0 saturated carbocycles. The molecule has 0 aliphatic rings. The Morgan fingerprint density at radius 1 is 1.60 bits per heavy atom. The largest absolute Gasteiger partial charge is 0.380 e. The standard InChI is InChI=1S/C8H17NO/c1-7(6-10-5)8(2,3)9-4/h9H,1,6H2,2-5H3. The zero-order valence-corrected chi connectivity index (χ0v) is 7.32.